The highest BCUT2D eigenvalue weighted by Gasteiger charge is 2.20. The van der Waals surface area contributed by atoms with Gasteiger partial charge in [0, 0.05) is 18.0 Å². The van der Waals surface area contributed by atoms with E-state index in [0.29, 0.717) is 18.8 Å². The van der Waals surface area contributed by atoms with Crippen LogP contribution in [0.1, 0.15) is 22.2 Å². The zero-order valence-electron chi connectivity index (χ0n) is 16.2. The van der Waals surface area contributed by atoms with Crippen LogP contribution in [-0.2, 0) is 6.54 Å². The molecule has 2 aromatic carbocycles. The molecule has 2 N–H and O–H groups in total. The largest absolute Gasteiger partial charge is 0.497 e. The number of carboxylic acid groups (broad SMARTS) is 1. The van der Waals surface area contributed by atoms with Crippen LogP contribution < -0.4 is 10.1 Å². The quantitative estimate of drug-likeness (QED) is 0.563. The van der Waals surface area contributed by atoms with Crippen LogP contribution >= 0.6 is 11.3 Å². The van der Waals surface area contributed by atoms with E-state index >= 15 is 0 Å². The minimum absolute atomic E-state index is 0.0972. The van der Waals surface area contributed by atoms with Crippen molar-refractivity contribution < 1.29 is 19.4 Å². The van der Waals surface area contributed by atoms with Gasteiger partial charge in [-0.15, -0.1) is 11.3 Å². The summed E-state index contributed by atoms with van der Waals surface area (Å²) < 4.78 is 5.16. The first-order chi connectivity index (χ1) is 14.0. The fraction of sp³-hybridized carbons (Fsp3) is 0.182. The second-order valence-electron chi connectivity index (χ2n) is 6.32. The average molecular weight is 410 g/mol. The Bertz CT molecular complexity index is 984. The Morgan fingerprint density at radius 1 is 1.10 bits per heavy atom. The lowest BCUT2D eigenvalue weighted by Crippen LogP contribution is -2.34. The van der Waals surface area contributed by atoms with Crippen molar-refractivity contribution in [2.75, 3.05) is 19.0 Å². The molecule has 0 atom stereocenters. The number of nitrogens with zero attached hydrogens (tertiary/aromatic N) is 1. The standard InChI is InChI=1S/C22H22N2O4S/c1-3-24(14-15-7-5-4-6-8-15)22(27)23-18-13-19(29-20(18)21(25)26)16-9-11-17(28-2)12-10-16/h4-13H,3,14H2,1-2H3,(H,23,27)(H,25,26). The van der Waals surface area contributed by atoms with Gasteiger partial charge >= 0.3 is 12.0 Å². The van der Waals surface area contributed by atoms with Gasteiger partial charge in [-0.3, -0.25) is 0 Å². The summed E-state index contributed by atoms with van der Waals surface area (Å²) in [7, 11) is 1.59. The molecule has 1 aromatic heterocycles. The van der Waals surface area contributed by atoms with E-state index in [9.17, 15) is 14.7 Å². The maximum absolute atomic E-state index is 12.8. The monoisotopic (exact) mass is 410 g/mol. The van der Waals surface area contributed by atoms with Crippen LogP contribution in [0.25, 0.3) is 10.4 Å². The predicted molar refractivity (Wildman–Crippen MR) is 115 cm³/mol. The summed E-state index contributed by atoms with van der Waals surface area (Å²) in [6.45, 7) is 2.83. The lowest BCUT2D eigenvalue weighted by atomic mass is 10.2. The summed E-state index contributed by atoms with van der Waals surface area (Å²) in [5, 5.41) is 12.3. The van der Waals surface area contributed by atoms with Gasteiger partial charge in [-0.1, -0.05) is 30.3 Å². The van der Waals surface area contributed by atoms with Crippen molar-refractivity contribution >= 4 is 29.0 Å². The molecule has 0 aliphatic carbocycles. The lowest BCUT2D eigenvalue weighted by molar-refractivity contribution is 0.0703. The number of urea groups is 1. The average Bonchev–Trinajstić information content (AvgIpc) is 3.16. The number of methoxy groups -OCH3 is 1. The molecule has 0 aliphatic rings. The van der Waals surface area contributed by atoms with Crippen molar-refractivity contribution in [3.05, 3.63) is 71.1 Å². The Hall–Kier alpha value is -3.32. The van der Waals surface area contributed by atoms with Gasteiger partial charge in [-0.05, 0) is 48.4 Å². The van der Waals surface area contributed by atoms with Gasteiger partial charge < -0.3 is 20.1 Å². The number of aromatic carboxylic acids is 1. The van der Waals surface area contributed by atoms with Crippen molar-refractivity contribution in [2.45, 2.75) is 13.5 Å². The molecule has 0 radical (unpaired) electrons. The van der Waals surface area contributed by atoms with Gasteiger partial charge in [-0.25, -0.2) is 9.59 Å². The highest BCUT2D eigenvalue weighted by molar-refractivity contribution is 7.18. The fourth-order valence-corrected chi connectivity index (χ4v) is 3.82. The van der Waals surface area contributed by atoms with Crippen molar-refractivity contribution in [1.29, 1.82) is 0 Å². The van der Waals surface area contributed by atoms with Crippen molar-refractivity contribution in [3.8, 4) is 16.2 Å². The smallest absolute Gasteiger partial charge is 0.348 e. The molecule has 0 unspecified atom stereocenters. The van der Waals surface area contributed by atoms with E-state index in [1.165, 1.54) is 0 Å². The number of hydrogen-bond acceptors (Lipinski definition) is 4. The number of carbonyl (C=O) groups excluding carboxylic acids is 1. The first kappa shape index (κ1) is 20.4. The number of benzene rings is 2. The molecular weight excluding hydrogens is 388 g/mol. The summed E-state index contributed by atoms with van der Waals surface area (Å²) in [6.07, 6.45) is 0. The van der Waals surface area contributed by atoms with Crippen molar-refractivity contribution in [3.63, 3.8) is 0 Å². The number of nitrogens with one attached hydrogen (secondary N) is 1. The third kappa shape index (κ3) is 4.94. The number of rotatable bonds is 7. The van der Waals surface area contributed by atoms with Crippen LogP contribution in [0.2, 0.25) is 0 Å². The molecule has 0 aliphatic heterocycles. The summed E-state index contributed by atoms with van der Waals surface area (Å²) in [6, 6.07) is 18.4. The molecule has 0 spiro atoms. The number of amides is 2. The van der Waals surface area contributed by atoms with E-state index in [2.05, 4.69) is 5.32 Å². The van der Waals surface area contributed by atoms with Crippen LogP contribution in [0.3, 0.4) is 0 Å². The van der Waals surface area contributed by atoms with Crippen LogP contribution in [-0.4, -0.2) is 35.7 Å². The molecule has 6 nitrogen and oxygen atoms in total. The molecule has 3 aromatic rings. The molecule has 7 heteroatoms. The Morgan fingerprint density at radius 3 is 2.38 bits per heavy atom. The normalized spacial score (nSPS) is 10.4. The third-order valence-electron chi connectivity index (χ3n) is 4.43. The van der Waals surface area contributed by atoms with Crippen molar-refractivity contribution in [1.82, 2.24) is 4.90 Å². The molecule has 2 amide bonds. The minimum Gasteiger partial charge on any atom is -0.497 e. The van der Waals surface area contributed by atoms with Crippen LogP contribution in [0.5, 0.6) is 5.75 Å². The molecule has 0 fully saturated rings. The van der Waals surface area contributed by atoms with Crippen molar-refractivity contribution in [2.24, 2.45) is 0 Å². The maximum atomic E-state index is 12.8. The topological polar surface area (TPSA) is 78.9 Å². The summed E-state index contributed by atoms with van der Waals surface area (Å²) in [4.78, 5) is 27.0. The third-order valence-corrected chi connectivity index (χ3v) is 5.60. The van der Waals surface area contributed by atoms with Crippen LogP contribution in [0.4, 0.5) is 10.5 Å². The number of anilines is 1. The molecule has 29 heavy (non-hydrogen) atoms. The Labute approximate surface area is 173 Å². The highest BCUT2D eigenvalue weighted by atomic mass is 32.1. The van der Waals surface area contributed by atoms with Crippen LogP contribution in [0.15, 0.2) is 60.7 Å². The summed E-state index contributed by atoms with van der Waals surface area (Å²) in [5.41, 5.74) is 2.16. The van der Waals surface area contributed by atoms with E-state index in [0.717, 1.165) is 33.1 Å². The minimum atomic E-state index is -1.07. The summed E-state index contributed by atoms with van der Waals surface area (Å²) in [5.74, 6) is -0.354. The molecular formula is C22H22N2O4S. The number of hydrogen-bond donors (Lipinski definition) is 2. The maximum Gasteiger partial charge on any atom is 0.348 e. The van der Waals surface area contributed by atoms with Crippen LogP contribution in [0, 0.1) is 0 Å². The van der Waals surface area contributed by atoms with E-state index in [1.54, 1.807) is 18.1 Å². The van der Waals surface area contributed by atoms with Gasteiger partial charge in [0.25, 0.3) is 0 Å². The second kappa shape index (κ2) is 9.25. The first-order valence-corrected chi connectivity index (χ1v) is 9.95. The highest BCUT2D eigenvalue weighted by Crippen LogP contribution is 2.35. The summed E-state index contributed by atoms with van der Waals surface area (Å²) >= 11 is 1.13. The molecule has 150 valence electrons. The number of carbonyl (C=O) groups is 2. The first-order valence-electron chi connectivity index (χ1n) is 9.13. The number of thiophene rings is 1. The van der Waals surface area contributed by atoms with E-state index in [1.807, 2.05) is 61.5 Å². The molecule has 0 saturated heterocycles. The molecule has 1 heterocycles. The predicted octanol–water partition coefficient (Wildman–Crippen LogP) is 5.18. The molecule has 3 rings (SSSR count). The van der Waals surface area contributed by atoms with Gasteiger partial charge in [-0.2, -0.15) is 0 Å². The van der Waals surface area contributed by atoms with Gasteiger partial charge in [0.1, 0.15) is 10.6 Å². The van der Waals surface area contributed by atoms with E-state index in [-0.39, 0.29) is 10.9 Å². The Balaban J connectivity index is 1.82. The molecule has 0 bridgehead atoms. The zero-order chi connectivity index (χ0) is 20.8. The van der Waals surface area contributed by atoms with Gasteiger partial charge in [0.15, 0.2) is 0 Å². The fourth-order valence-electron chi connectivity index (χ4n) is 2.87. The number of carboxylic acids is 1. The molecule has 0 saturated carbocycles. The Morgan fingerprint density at radius 2 is 1.79 bits per heavy atom. The zero-order valence-corrected chi connectivity index (χ0v) is 17.0. The van der Waals surface area contributed by atoms with E-state index < -0.39 is 5.97 Å². The van der Waals surface area contributed by atoms with Gasteiger partial charge in [0.2, 0.25) is 0 Å². The van der Waals surface area contributed by atoms with E-state index in [4.69, 9.17) is 4.74 Å². The lowest BCUT2D eigenvalue weighted by Gasteiger charge is -2.21. The van der Waals surface area contributed by atoms with Gasteiger partial charge in [0.05, 0.1) is 12.8 Å². The SMILES string of the molecule is CCN(Cc1ccccc1)C(=O)Nc1cc(-c2ccc(OC)cc2)sc1C(=O)O. The second-order valence-corrected chi connectivity index (χ2v) is 7.37. The number of ether oxygens (including phenoxy) is 1. The Kier molecular flexibility index (Phi) is 6.51.